The monoisotopic (exact) mass is 277 g/mol. The lowest BCUT2D eigenvalue weighted by molar-refractivity contribution is -0.117. The molecule has 1 amide bonds. The zero-order chi connectivity index (χ0) is 12.9. The largest absolute Gasteiger partial charge is 0.351 e. The van der Waals surface area contributed by atoms with E-state index in [1.807, 2.05) is 6.92 Å². The van der Waals surface area contributed by atoms with E-state index >= 15 is 0 Å². The van der Waals surface area contributed by atoms with E-state index in [2.05, 4.69) is 5.32 Å². The summed E-state index contributed by atoms with van der Waals surface area (Å²) in [6, 6.07) is 0. The highest BCUT2D eigenvalue weighted by Gasteiger charge is 2.14. The summed E-state index contributed by atoms with van der Waals surface area (Å²) in [6.45, 7) is 2.24. The van der Waals surface area contributed by atoms with Crippen LogP contribution in [0.1, 0.15) is 32.6 Å². The van der Waals surface area contributed by atoms with Crippen LogP contribution in [-0.4, -0.2) is 32.9 Å². The second kappa shape index (κ2) is 6.44. The number of allylic oxidation sites excluding steroid dienone is 1. The van der Waals surface area contributed by atoms with Crippen LogP contribution in [-0.2, 0) is 13.7 Å². The fraction of sp³-hybridized carbons (Fsp3) is 0.727. The van der Waals surface area contributed by atoms with E-state index in [-0.39, 0.29) is 5.91 Å². The molecule has 0 aliphatic heterocycles. The van der Waals surface area contributed by atoms with Gasteiger partial charge in [-0.25, -0.2) is 8.42 Å². The van der Waals surface area contributed by atoms with Crippen LogP contribution in [0, 0.1) is 0 Å². The Bertz CT molecular complexity index is 404. The van der Waals surface area contributed by atoms with Gasteiger partial charge in [0.25, 0.3) is 0 Å². The normalized spacial score (nSPS) is 16.0. The fourth-order valence-corrected chi connectivity index (χ4v) is 3.47. The van der Waals surface area contributed by atoms with Crippen molar-refractivity contribution in [3.8, 4) is 0 Å². The van der Waals surface area contributed by atoms with Crippen molar-refractivity contribution in [1.29, 1.82) is 0 Å². The van der Waals surface area contributed by atoms with Crippen LogP contribution in [0.5, 0.6) is 0 Å². The number of hydrogen-bond acceptors (Lipinski definition) is 4. The highest BCUT2D eigenvalue weighted by Crippen LogP contribution is 2.26. The summed E-state index contributed by atoms with van der Waals surface area (Å²) in [5, 5.41) is 2.75. The molecule has 1 N–H and O–H groups in total. The van der Waals surface area contributed by atoms with Crippen LogP contribution >= 0.6 is 10.8 Å². The first-order valence-electron chi connectivity index (χ1n) is 5.71. The maximum atomic E-state index is 11.7. The maximum absolute atomic E-state index is 11.7. The Labute approximate surface area is 107 Å². The Morgan fingerprint density at radius 2 is 1.94 bits per heavy atom. The summed E-state index contributed by atoms with van der Waals surface area (Å²) in [5.41, 5.74) is 2.06. The third-order valence-electron chi connectivity index (χ3n) is 2.76. The van der Waals surface area contributed by atoms with Crippen molar-refractivity contribution < 1.29 is 13.2 Å². The lowest BCUT2D eigenvalue weighted by Gasteiger charge is -2.07. The molecule has 0 aromatic rings. The summed E-state index contributed by atoms with van der Waals surface area (Å²) in [6.07, 6.45) is 5.56. The molecule has 0 spiro atoms. The minimum absolute atomic E-state index is 0.0593. The quantitative estimate of drug-likeness (QED) is 0.472. The molecule has 6 heteroatoms. The number of carbonyl (C=O) groups excluding carboxylic acids is 1. The molecule has 1 fully saturated rings. The van der Waals surface area contributed by atoms with Gasteiger partial charge in [-0.05, 0) is 43.4 Å². The Kier molecular flexibility index (Phi) is 5.52. The van der Waals surface area contributed by atoms with Gasteiger partial charge >= 0.3 is 0 Å². The maximum Gasteiger partial charge on any atom is 0.246 e. The lowest BCUT2D eigenvalue weighted by atomic mass is 10.1. The van der Waals surface area contributed by atoms with Crippen molar-refractivity contribution in [2.75, 3.05) is 18.6 Å². The third kappa shape index (κ3) is 5.59. The number of rotatable bonds is 5. The van der Waals surface area contributed by atoms with Gasteiger partial charge in [-0.1, -0.05) is 5.57 Å². The SMILES string of the molecule is CC(C(=O)NCCSS(C)(=O)=O)=C1CCCC1. The van der Waals surface area contributed by atoms with Gasteiger partial charge in [-0.15, -0.1) is 0 Å². The molecule has 1 aliphatic carbocycles. The predicted octanol–water partition coefficient (Wildman–Crippen LogP) is 1.69. The minimum Gasteiger partial charge on any atom is -0.351 e. The smallest absolute Gasteiger partial charge is 0.246 e. The van der Waals surface area contributed by atoms with Crippen molar-refractivity contribution in [2.45, 2.75) is 32.6 Å². The van der Waals surface area contributed by atoms with E-state index in [0.29, 0.717) is 12.3 Å². The first-order valence-corrected chi connectivity index (χ1v) is 9.11. The summed E-state index contributed by atoms with van der Waals surface area (Å²) in [5.74, 6) is 0.337. The van der Waals surface area contributed by atoms with E-state index in [0.717, 1.165) is 29.2 Å². The third-order valence-corrected chi connectivity index (χ3v) is 5.35. The lowest BCUT2D eigenvalue weighted by Crippen LogP contribution is -2.27. The van der Waals surface area contributed by atoms with Crippen LogP contribution in [0.3, 0.4) is 0 Å². The minimum atomic E-state index is -3.00. The molecule has 0 aromatic heterocycles. The number of carbonyl (C=O) groups is 1. The zero-order valence-electron chi connectivity index (χ0n) is 10.3. The summed E-state index contributed by atoms with van der Waals surface area (Å²) < 4.78 is 21.7. The van der Waals surface area contributed by atoms with Gasteiger partial charge in [0.1, 0.15) is 0 Å². The summed E-state index contributed by atoms with van der Waals surface area (Å²) >= 11 is 0. The van der Waals surface area contributed by atoms with Gasteiger partial charge in [0.15, 0.2) is 8.87 Å². The molecule has 17 heavy (non-hydrogen) atoms. The molecule has 0 bridgehead atoms. The van der Waals surface area contributed by atoms with Crippen molar-refractivity contribution in [1.82, 2.24) is 5.32 Å². The molecule has 0 saturated heterocycles. The molecule has 4 nitrogen and oxygen atoms in total. The molecular weight excluding hydrogens is 258 g/mol. The average Bonchev–Trinajstić information content (AvgIpc) is 2.74. The van der Waals surface area contributed by atoms with Crippen molar-refractivity contribution >= 4 is 25.6 Å². The molecule has 1 rings (SSSR count). The van der Waals surface area contributed by atoms with E-state index in [1.165, 1.54) is 24.7 Å². The molecule has 1 saturated carbocycles. The molecular formula is C11H19NO3S2. The highest BCUT2D eigenvalue weighted by atomic mass is 33.1. The van der Waals surface area contributed by atoms with E-state index in [9.17, 15) is 13.2 Å². The molecule has 0 aromatic carbocycles. The van der Waals surface area contributed by atoms with Gasteiger partial charge in [0.2, 0.25) is 5.91 Å². The summed E-state index contributed by atoms with van der Waals surface area (Å²) in [4.78, 5) is 11.7. The van der Waals surface area contributed by atoms with Gasteiger partial charge in [0, 0.05) is 24.1 Å². The number of amides is 1. The molecule has 0 heterocycles. The highest BCUT2D eigenvalue weighted by molar-refractivity contribution is 8.71. The Hall–Kier alpha value is -0.490. The van der Waals surface area contributed by atoms with E-state index < -0.39 is 8.87 Å². The van der Waals surface area contributed by atoms with Gasteiger partial charge in [-0.2, -0.15) is 0 Å². The predicted molar refractivity (Wildman–Crippen MR) is 71.5 cm³/mol. The van der Waals surface area contributed by atoms with E-state index in [4.69, 9.17) is 0 Å². The van der Waals surface area contributed by atoms with Crippen molar-refractivity contribution in [3.63, 3.8) is 0 Å². The van der Waals surface area contributed by atoms with Crippen LogP contribution in [0.4, 0.5) is 0 Å². The second-order valence-corrected chi connectivity index (χ2v) is 8.79. The first kappa shape index (κ1) is 14.6. The second-order valence-electron chi connectivity index (χ2n) is 4.22. The van der Waals surface area contributed by atoms with Crippen LogP contribution in [0.2, 0.25) is 0 Å². The van der Waals surface area contributed by atoms with Crippen LogP contribution in [0.25, 0.3) is 0 Å². The molecule has 0 radical (unpaired) electrons. The first-order chi connectivity index (χ1) is 7.90. The van der Waals surface area contributed by atoms with Crippen LogP contribution < -0.4 is 5.32 Å². The Balaban J connectivity index is 2.32. The Morgan fingerprint density at radius 3 is 2.47 bits per heavy atom. The standard InChI is InChI=1S/C11H19NO3S2/c1-9(10-5-3-4-6-10)11(13)12-7-8-16-17(2,14)15/h3-8H2,1-2H3,(H,12,13). The van der Waals surface area contributed by atoms with Gasteiger partial charge in [0.05, 0.1) is 0 Å². The average molecular weight is 277 g/mol. The molecule has 1 aliphatic rings. The molecule has 0 unspecified atom stereocenters. The zero-order valence-corrected chi connectivity index (χ0v) is 11.9. The van der Waals surface area contributed by atoms with Gasteiger partial charge in [-0.3, -0.25) is 4.79 Å². The summed E-state index contributed by atoms with van der Waals surface area (Å²) in [7, 11) is -2.14. The van der Waals surface area contributed by atoms with Crippen molar-refractivity contribution in [2.24, 2.45) is 0 Å². The molecule has 0 atom stereocenters. The van der Waals surface area contributed by atoms with Gasteiger partial charge < -0.3 is 5.32 Å². The van der Waals surface area contributed by atoms with Crippen LogP contribution in [0.15, 0.2) is 11.1 Å². The van der Waals surface area contributed by atoms with Crippen molar-refractivity contribution in [3.05, 3.63) is 11.1 Å². The topological polar surface area (TPSA) is 63.2 Å². The Morgan fingerprint density at radius 1 is 1.35 bits per heavy atom. The fourth-order valence-electron chi connectivity index (χ4n) is 1.83. The number of nitrogens with one attached hydrogen (secondary N) is 1. The molecule has 98 valence electrons. The van der Waals surface area contributed by atoms with E-state index in [1.54, 1.807) is 0 Å². The number of hydrogen-bond donors (Lipinski definition) is 1.